The predicted molar refractivity (Wildman–Crippen MR) is 107 cm³/mol. The zero-order chi connectivity index (χ0) is 18.7. The minimum atomic E-state index is -0.302. The second-order valence-corrected chi connectivity index (χ2v) is 7.77. The molecule has 0 aliphatic carbocycles. The summed E-state index contributed by atoms with van der Waals surface area (Å²) in [6.45, 7) is 4.41. The SMILES string of the molecule is CCC(Sc1nc2ccsc2c(=O)n1CC)C(=O)c1ccc(OC)cc1. The summed E-state index contributed by atoms with van der Waals surface area (Å²) in [4.78, 5) is 30.2. The number of carbonyl (C=O) groups is 1. The van der Waals surface area contributed by atoms with Crippen LogP contribution in [-0.4, -0.2) is 27.7 Å². The van der Waals surface area contributed by atoms with Gasteiger partial charge in [0.25, 0.3) is 5.56 Å². The molecule has 3 rings (SSSR count). The van der Waals surface area contributed by atoms with Gasteiger partial charge in [0.05, 0.1) is 17.9 Å². The Labute approximate surface area is 160 Å². The molecule has 7 heteroatoms. The van der Waals surface area contributed by atoms with E-state index in [4.69, 9.17) is 4.74 Å². The lowest BCUT2D eigenvalue weighted by atomic mass is 10.1. The fourth-order valence-electron chi connectivity index (χ4n) is 2.68. The first kappa shape index (κ1) is 18.7. The Kier molecular flexibility index (Phi) is 5.78. The number of rotatable bonds is 7. The van der Waals surface area contributed by atoms with Gasteiger partial charge in [-0.1, -0.05) is 18.7 Å². The Balaban J connectivity index is 1.93. The van der Waals surface area contributed by atoms with Crippen molar-refractivity contribution in [2.75, 3.05) is 7.11 Å². The molecule has 0 radical (unpaired) electrons. The summed E-state index contributed by atoms with van der Waals surface area (Å²) < 4.78 is 7.45. The number of methoxy groups -OCH3 is 1. The second-order valence-electron chi connectivity index (χ2n) is 5.69. The van der Waals surface area contributed by atoms with Crippen LogP contribution in [0.25, 0.3) is 10.2 Å². The number of benzene rings is 1. The molecule has 3 aromatic rings. The van der Waals surface area contributed by atoms with Crippen LogP contribution in [0.1, 0.15) is 30.6 Å². The normalized spacial score (nSPS) is 12.3. The predicted octanol–water partition coefficient (Wildman–Crippen LogP) is 4.24. The lowest BCUT2D eigenvalue weighted by molar-refractivity contribution is 0.0988. The van der Waals surface area contributed by atoms with Gasteiger partial charge in [-0.3, -0.25) is 14.2 Å². The molecule has 0 saturated carbocycles. The minimum absolute atomic E-state index is 0.0301. The van der Waals surface area contributed by atoms with Gasteiger partial charge >= 0.3 is 0 Å². The molecule has 0 amide bonds. The van der Waals surface area contributed by atoms with Crippen LogP contribution in [-0.2, 0) is 6.54 Å². The van der Waals surface area contributed by atoms with E-state index >= 15 is 0 Å². The molecule has 0 saturated heterocycles. The van der Waals surface area contributed by atoms with Crippen molar-refractivity contribution < 1.29 is 9.53 Å². The number of hydrogen-bond donors (Lipinski definition) is 0. The quantitative estimate of drug-likeness (QED) is 0.344. The van der Waals surface area contributed by atoms with Gasteiger partial charge in [-0.2, -0.15) is 0 Å². The molecule has 0 spiro atoms. The van der Waals surface area contributed by atoms with Gasteiger partial charge in [-0.05, 0) is 49.1 Å². The smallest absolute Gasteiger partial charge is 0.272 e. The summed E-state index contributed by atoms with van der Waals surface area (Å²) in [6, 6.07) is 8.95. The highest BCUT2D eigenvalue weighted by Crippen LogP contribution is 2.28. The minimum Gasteiger partial charge on any atom is -0.497 e. The van der Waals surface area contributed by atoms with E-state index in [9.17, 15) is 9.59 Å². The maximum Gasteiger partial charge on any atom is 0.272 e. The van der Waals surface area contributed by atoms with Crippen LogP contribution in [0.5, 0.6) is 5.75 Å². The van der Waals surface area contributed by atoms with Crippen molar-refractivity contribution in [3.63, 3.8) is 0 Å². The zero-order valence-electron chi connectivity index (χ0n) is 14.9. The zero-order valence-corrected chi connectivity index (χ0v) is 16.5. The molecule has 2 heterocycles. The largest absolute Gasteiger partial charge is 0.497 e. The fourth-order valence-corrected chi connectivity index (χ4v) is 4.62. The highest BCUT2D eigenvalue weighted by molar-refractivity contribution is 8.00. The van der Waals surface area contributed by atoms with E-state index in [0.717, 1.165) is 0 Å². The topological polar surface area (TPSA) is 61.2 Å². The third kappa shape index (κ3) is 3.54. The fraction of sp³-hybridized carbons (Fsp3) is 0.316. The maximum absolute atomic E-state index is 12.9. The van der Waals surface area contributed by atoms with E-state index in [2.05, 4.69) is 4.98 Å². The second kappa shape index (κ2) is 8.05. The number of thioether (sulfide) groups is 1. The molecule has 1 unspecified atom stereocenters. The third-order valence-corrected chi connectivity index (χ3v) is 6.38. The number of Topliss-reactive ketones (excluding diaryl/α,β-unsaturated/α-hetero) is 1. The van der Waals surface area contributed by atoms with Gasteiger partial charge in [0.2, 0.25) is 0 Å². The third-order valence-electron chi connectivity index (χ3n) is 4.13. The van der Waals surface area contributed by atoms with E-state index < -0.39 is 0 Å². The van der Waals surface area contributed by atoms with E-state index in [1.807, 2.05) is 25.3 Å². The van der Waals surface area contributed by atoms with Crippen molar-refractivity contribution >= 4 is 39.1 Å². The lowest BCUT2D eigenvalue weighted by Crippen LogP contribution is -2.24. The standard InChI is InChI=1S/C19H20N2O3S2/c1-4-15(16(22)12-6-8-13(24-3)9-7-12)26-19-20-14-10-11-25-17(14)18(23)21(19)5-2/h6-11,15H,4-5H2,1-3H3. The molecule has 1 atom stereocenters. The highest BCUT2D eigenvalue weighted by Gasteiger charge is 2.23. The molecule has 5 nitrogen and oxygen atoms in total. The molecule has 0 N–H and O–H groups in total. The molecule has 0 aliphatic rings. The van der Waals surface area contributed by atoms with Crippen LogP contribution in [0.2, 0.25) is 0 Å². The number of ketones is 1. The Morgan fingerprint density at radius 2 is 2.00 bits per heavy atom. The molecular formula is C19H20N2O3S2. The van der Waals surface area contributed by atoms with Crippen molar-refractivity contribution in [2.24, 2.45) is 0 Å². The van der Waals surface area contributed by atoms with Crippen LogP contribution >= 0.6 is 23.1 Å². The Morgan fingerprint density at radius 1 is 1.27 bits per heavy atom. The van der Waals surface area contributed by atoms with E-state index in [-0.39, 0.29) is 16.6 Å². The number of thiophene rings is 1. The average molecular weight is 389 g/mol. The van der Waals surface area contributed by atoms with Gasteiger partial charge in [0.1, 0.15) is 10.4 Å². The molecule has 0 bridgehead atoms. The highest BCUT2D eigenvalue weighted by atomic mass is 32.2. The summed E-state index contributed by atoms with van der Waals surface area (Å²) in [5.41, 5.74) is 1.29. The van der Waals surface area contributed by atoms with E-state index in [1.165, 1.54) is 23.1 Å². The first-order valence-corrected chi connectivity index (χ1v) is 10.2. The molecule has 0 fully saturated rings. The lowest BCUT2D eigenvalue weighted by Gasteiger charge is -2.16. The van der Waals surface area contributed by atoms with Crippen LogP contribution < -0.4 is 10.3 Å². The van der Waals surface area contributed by atoms with Gasteiger partial charge in [-0.25, -0.2) is 4.98 Å². The molecule has 2 aromatic heterocycles. The molecule has 26 heavy (non-hydrogen) atoms. The van der Waals surface area contributed by atoms with Crippen molar-refractivity contribution in [2.45, 2.75) is 37.2 Å². The number of hydrogen-bond acceptors (Lipinski definition) is 6. The van der Waals surface area contributed by atoms with E-state index in [0.29, 0.717) is 39.7 Å². The number of carbonyl (C=O) groups excluding carboxylic acids is 1. The van der Waals surface area contributed by atoms with Crippen molar-refractivity contribution in [3.05, 3.63) is 51.6 Å². The molecular weight excluding hydrogens is 368 g/mol. The van der Waals surface area contributed by atoms with E-state index in [1.54, 1.807) is 35.9 Å². The number of ether oxygens (including phenoxy) is 1. The van der Waals surface area contributed by atoms with Gasteiger partial charge in [-0.15, -0.1) is 11.3 Å². The van der Waals surface area contributed by atoms with Gasteiger partial charge < -0.3 is 4.74 Å². The van der Waals surface area contributed by atoms with Crippen molar-refractivity contribution in [1.82, 2.24) is 9.55 Å². The maximum atomic E-state index is 12.9. The summed E-state index contributed by atoms with van der Waals surface area (Å²) in [7, 11) is 1.60. The molecule has 0 aliphatic heterocycles. The number of nitrogens with zero attached hydrogens (tertiary/aromatic N) is 2. The van der Waals surface area contributed by atoms with Crippen LogP contribution in [0.4, 0.5) is 0 Å². The van der Waals surface area contributed by atoms with Crippen molar-refractivity contribution in [1.29, 1.82) is 0 Å². The van der Waals surface area contributed by atoms with Crippen LogP contribution in [0, 0.1) is 0 Å². The Bertz CT molecular complexity index is 977. The number of aromatic nitrogens is 2. The summed E-state index contributed by atoms with van der Waals surface area (Å²) in [5.74, 6) is 0.745. The van der Waals surface area contributed by atoms with Crippen molar-refractivity contribution in [3.8, 4) is 5.75 Å². The summed E-state index contributed by atoms with van der Waals surface area (Å²) in [6.07, 6.45) is 0.650. The van der Waals surface area contributed by atoms with Crippen LogP contribution in [0.15, 0.2) is 45.7 Å². The van der Waals surface area contributed by atoms with Gasteiger partial charge in [0.15, 0.2) is 10.9 Å². The number of fused-ring (bicyclic) bond motifs is 1. The molecule has 136 valence electrons. The Hall–Kier alpha value is -2.12. The first-order chi connectivity index (χ1) is 12.6. The first-order valence-electron chi connectivity index (χ1n) is 8.42. The Morgan fingerprint density at radius 3 is 2.62 bits per heavy atom. The average Bonchev–Trinajstić information content (AvgIpc) is 3.14. The van der Waals surface area contributed by atoms with Gasteiger partial charge in [0, 0.05) is 12.1 Å². The summed E-state index contributed by atoms with van der Waals surface area (Å²) >= 11 is 2.76. The summed E-state index contributed by atoms with van der Waals surface area (Å²) in [5, 5.41) is 2.16. The monoisotopic (exact) mass is 388 g/mol. The van der Waals surface area contributed by atoms with Crippen LogP contribution in [0.3, 0.4) is 0 Å². The molecule has 1 aromatic carbocycles.